The van der Waals surface area contributed by atoms with E-state index in [1.807, 2.05) is 13.8 Å². The second-order valence-electron chi connectivity index (χ2n) is 8.89. The molecular formula is C26H31ClFN3O5. The molecule has 0 saturated heterocycles. The van der Waals surface area contributed by atoms with Crippen molar-refractivity contribution in [1.29, 1.82) is 0 Å². The number of halogens is 2. The lowest BCUT2D eigenvalue weighted by molar-refractivity contribution is -0.138. The molecular weight excluding hydrogens is 489 g/mol. The van der Waals surface area contributed by atoms with Crippen molar-refractivity contribution >= 4 is 29.3 Å². The molecule has 10 heteroatoms. The summed E-state index contributed by atoms with van der Waals surface area (Å²) in [4.78, 5) is 39.9. The summed E-state index contributed by atoms with van der Waals surface area (Å²) in [5, 5.41) is 6.19. The highest BCUT2D eigenvalue weighted by atomic mass is 35.5. The molecule has 0 unspecified atom stereocenters. The Morgan fingerprint density at radius 2 is 2.03 bits per heavy atom. The number of benzene rings is 2. The van der Waals surface area contributed by atoms with Crippen LogP contribution in [-0.2, 0) is 9.59 Å². The topological polar surface area (TPSA) is 97.0 Å². The summed E-state index contributed by atoms with van der Waals surface area (Å²) in [7, 11) is 0. The molecule has 1 aliphatic rings. The van der Waals surface area contributed by atoms with Gasteiger partial charge in [0.05, 0.1) is 18.2 Å². The number of rotatable bonds is 4. The normalized spacial score (nSPS) is 17.7. The summed E-state index contributed by atoms with van der Waals surface area (Å²) in [6.07, 6.45) is 1.12. The van der Waals surface area contributed by atoms with E-state index < -0.39 is 11.7 Å². The molecule has 1 atom stereocenters. The minimum Gasteiger partial charge on any atom is -0.491 e. The molecule has 36 heavy (non-hydrogen) atoms. The van der Waals surface area contributed by atoms with Crippen LogP contribution in [-0.4, -0.2) is 61.5 Å². The standard InChI is InChI=1S/C26H31ClFN3O5/c1-17(2)22-15-36-23-9-8-18(27)12-21(23)26(34)29-10-3-4-11-31(14-24(32)30-22)25(33)16-35-20-7-5-6-19(28)13-20/h5-9,12-13,17,22H,3-4,10-11,14-16H2,1-2H3,(H,29,34)(H,30,32)/t22-/m0/s1. The summed E-state index contributed by atoms with van der Waals surface area (Å²) < 4.78 is 24.8. The number of fused-ring (bicyclic) bond motifs is 1. The van der Waals surface area contributed by atoms with Crippen LogP contribution in [0.15, 0.2) is 42.5 Å². The third-order valence-electron chi connectivity index (χ3n) is 5.74. The third-order valence-corrected chi connectivity index (χ3v) is 5.98. The fourth-order valence-corrected chi connectivity index (χ4v) is 3.79. The average molecular weight is 520 g/mol. The van der Waals surface area contributed by atoms with Crippen molar-refractivity contribution in [1.82, 2.24) is 15.5 Å². The first-order valence-corrected chi connectivity index (χ1v) is 12.3. The predicted octanol–water partition coefficient (Wildman–Crippen LogP) is 3.43. The average Bonchev–Trinajstić information content (AvgIpc) is 2.84. The molecule has 2 aromatic rings. The molecule has 2 aromatic carbocycles. The number of ether oxygens (including phenoxy) is 2. The van der Waals surface area contributed by atoms with Gasteiger partial charge in [-0.2, -0.15) is 0 Å². The van der Waals surface area contributed by atoms with Gasteiger partial charge >= 0.3 is 0 Å². The number of carbonyl (C=O) groups is 3. The second-order valence-corrected chi connectivity index (χ2v) is 9.33. The summed E-state index contributed by atoms with van der Waals surface area (Å²) in [5.41, 5.74) is 0.317. The van der Waals surface area contributed by atoms with Crippen LogP contribution in [0.3, 0.4) is 0 Å². The zero-order chi connectivity index (χ0) is 26.1. The highest BCUT2D eigenvalue weighted by molar-refractivity contribution is 6.31. The minimum atomic E-state index is -0.470. The zero-order valence-corrected chi connectivity index (χ0v) is 21.1. The summed E-state index contributed by atoms with van der Waals surface area (Å²) >= 11 is 6.09. The van der Waals surface area contributed by atoms with E-state index in [1.54, 1.807) is 24.3 Å². The number of nitrogens with one attached hydrogen (secondary N) is 2. The van der Waals surface area contributed by atoms with E-state index in [-0.39, 0.29) is 49.3 Å². The number of hydrogen-bond acceptors (Lipinski definition) is 5. The molecule has 0 radical (unpaired) electrons. The molecule has 0 saturated carbocycles. The van der Waals surface area contributed by atoms with Crippen LogP contribution in [0.4, 0.5) is 4.39 Å². The molecule has 3 rings (SSSR count). The van der Waals surface area contributed by atoms with Gasteiger partial charge in [-0.1, -0.05) is 31.5 Å². The lowest BCUT2D eigenvalue weighted by atomic mass is 10.1. The van der Waals surface area contributed by atoms with Gasteiger partial charge in [-0.15, -0.1) is 0 Å². The molecule has 0 aromatic heterocycles. The molecule has 0 bridgehead atoms. The Balaban J connectivity index is 1.72. The van der Waals surface area contributed by atoms with Gasteiger partial charge in [0, 0.05) is 24.2 Å². The van der Waals surface area contributed by atoms with Crippen LogP contribution in [0.25, 0.3) is 0 Å². The van der Waals surface area contributed by atoms with Gasteiger partial charge < -0.3 is 25.0 Å². The Labute approximate surface area is 215 Å². The Bertz CT molecular complexity index is 1080. The zero-order valence-electron chi connectivity index (χ0n) is 20.4. The number of nitrogens with zero attached hydrogens (tertiary/aromatic N) is 1. The highest BCUT2D eigenvalue weighted by Gasteiger charge is 2.23. The molecule has 1 heterocycles. The van der Waals surface area contributed by atoms with E-state index in [4.69, 9.17) is 21.1 Å². The summed E-state index contributed by atoms with van der Waals surface area (Å²) in [6, 6.07) is 9.96. The largest absolute Gasteiger partial charge is 0.491 e. The van der Waals surface area contributed by atoms with E-state index >= 15 is 0 Å². The first kappa shape index (κ1) is 27.3. The van der Waals surface area contributed by atoms with E-state index in [1.165, 1.54) is 23.1 Å². The van der Waals surface area contributed by atoms with E-state index in [0.717, 1.165) is 0 Å². The molecule has 1 aliphatic heterocycles. The molecule has 8 nitrogen and oxygen atoms in total. The second kappa shape index (κ2) is 13.1. The molecule has 0 spiro atoms. The fraction of sp³-hybridized carbons (Fsp3) is 0.423. The Morgan fingerprint density at radius 3 is 2.78 bits per heavy atom. The van der Waals surface area contributed by atoms with Crippen molar-refractivity contribution in [2.75, 3.05) is 32.8 Å². The monoisotopic (exact) mass is 519 g/mol. The minimum absolute atomic E-state index is 0.0228. The summed E-state index contributed by atoms with van der Waals surface area (Å²) in [6.45, 7) is 4.17. The molecule has 3 amide bonds. The lowest BCUT2D eigenvalue weighted by Gasteiger charge is -2.26. The number of carbonyl (C=O) groups excluding carboxylic acids is 3. The first-order valence-electron chi connectivity index (χ1n) is 11.9. The van der Waals surface area contributed by atoms with E-state index in [2.05, 4.69) is 10.6 Å². The maximum atomic E-state index is 13.4. The maximum Gasteiger partial charge on any atom is 0.260 e. The highest BCUT2D eigenvalue weighted by Crippen LogP contribution is 2.24. The number of amides is 3. The first-order chi connectivity index (χ1) is 17.2. The van der Waals surface area contributed by atoms with Crippen molar-refractivity contribution in [2.45, 2.75) is 32.7 Å². The van der Waals surface area contributed by atoms with Crippen LogP contribution < -0.4 is 20.1 Å². The van der Waals surface area contributed by atoms with Gasteiger partial charge in [-0.3, -0.25) is 14.4 Å². The maximum absolute atomic E-state index is 13.4. The quantitative estimate of drug-likeness (QED) is 0.645. The van der Waals surface area contributed by atoms with E-state index in [9.17, 15) is 18.8 Å². The van der Waals surface area contributed by atoms with Crippen LogP contribution in [0.1, 0.15) is 37.0 Å². The van der Waals surface area contributed by atoms with Gasteiger partial charge in [-0.05, 0) is 49.1 Å². The van der Waals surface area contributed by atoms with Gasteiger partial charge in [0.15, 0.2) is 6.61 Å². The third kappa shape index (κ3) is 8.12. The van der Waals surface area contributed by atoms with Gasteiger partial charge in [0.2, 0.25) is 5.91 Å². The lowest BCUT2D eigenvalue weighted by Crippen LogP contribution is -2.49. The fourth-order valence-electron chi connectivity index (χ4n) is 3.62. The smallest absolute Gasteiger partial charge is 0.260 e. The molecule has 194 valence electrons. The Kier molecular flexibility index (Phi) is 9.93. The molecule has 2 N–H and O–H groups in total. The number of hydrogen-bond donors (Lipinski definition) is 2. The Morgan fingerprint density at radius 1 is 1.22 bits per heavy atom. The van der Waals surface area contributed by atoms with Gasteiger partial charge in [0.1, 0.15) is 23.9 Å². The van der Waals surface area contributed by atoms with Gasteiger partial charge in [0.25, 0.3) is 11.8 Å². The van der Waals surface area contributed by atoms with Crippen LogP contribution in [0.5, 0.6) is 11.5 Å². The van der Waals surface area contributed by atoms with Crippen molar-refractivity contribution in [3.05, 3.63) is 58.9 Å². The van der Waals surface area contributed by atoms with Crippen LogP contribution in [0, 0.1) is 11.7 Å². The van der Waals surface area contributed by atoms with E-state index in [0.29, 0.717) is 42.3 Å². The van der Waals surface area contributed by atoms with Crippen LogP contribution >= 0.6 is 11.6 Å². The van der Waals surface area contributed by atoms with Crippen molar-refractivity contribution in [3.8, 4) is 11.5 Å². The van der Waals surface area contributed by atoms with Crippen molar-refractivity contribution < 1.29 is 28.2 Å². The van der Waals surface area contributed by atoms with Crippen molar-refractivity contribution in [2.24, 2.45) is 5.92 Å². The van der Waals surface area contributed by atoms with Crippen molar-refractivity contribution in [3.63, 3.8) is 0 Å². The van der Waals surface area contributed by atoms with Gasteiger partial charge in [-0.25, -0.2) is 4.39 Å². The molecule has 0 aliphatic carbocycles. The summed E-state index contributed by atoms with van der Waals surface area (Å²) in [5.74, 6) is -0.900. The Hall–Kier alpha value is -3.33. The van der Waals surface area contributed by atoms with Crippen LogP contribution in [0.2, 0.25) is 5.02 Å². The SMILES string of the molecule is CC(C)[C@@H]1COc2ccc(Cl)cc2C(=O)NCCCCN(C(=O)COc2cccc(F)c2)CC(=O)N1. The molecule has 0 fully saturated rings. The predicted molar refractivity (Wildman–Crippen MR) is 134 cm³/mol.